The summed E-state index contributed by atoms with van der Waals surface area (Å²) >= 11 is 12.2. The number of nitrogens with zero attached hydrogens (tertiary/aromatic N) is 1. The minimum absolute atomic E-state index is 0.0400. The maximum Gasteiger partial charge on any atom is 0.227 e. The molecule has 2 rings (SSSR count). The summed E-state index contributed by atoms with van der Waals surface area (Å²) in [5.74, 6) is 0.0400. The lowest BCUT2D eigenvalue weighted by Gasteiger charge is -2.37. The molecule has 1 aromatic rings. The molecule has 1 fully saturated rings. The fourth-order valence-corrected chi connectivity index (χ4v) is 2.94. The third kappa shape index (κ3) is 3.66. The van der Waals surface area contributed by atoms with Crippen LogP contribution in [0.3, 0.4) is 0 Å². The van der Waals surface area contributed by atoms with Crippen LogP contribution in [0.15, 0.2) is 18.2 Å². The maximum absolute atomic E-state index is 12.5. The van der Waals surface area contributed by atoms with Crippen molar-refractivity contribution >= 4 is 29.1 Å². The number of rotatable bonds is 6. The van der Waals surface area contributed by atoms with Crippen molar-refractivity contribution < 1.29 is 9.90 Å². The number of halogens is 2. The summed E-state index contributed by atoms with van der Waals surface area (Å²) in [6.07, 6.45) is 4.10. The summed E-state index contributed by atoms with van der Waals surface area (Å²) in [7, 11) is 0. The van der Waals surface area contributed by atoms with E-state index in [2.05, 4.69) is 0 Å². The molecule has 0 heterocycles. The van der Waals surface area contributed by atoms with E-state index in [-0.39, 0.29) is 18.9 Å². The van der Waals surface area contributed by atoms with Crippen molar-refractivity contribution in [2.24, 2.45) is 0 Å². The second-order valence-electron chi connectivity index (χ2n) is 5.13. The van der Waals surface area contributed by atoms with E-state index in [1.807, 2.05) is 4.90 Å². The standard InChI is InChI=1S/C15H19Cl2NO2/c16-13-6-2-7-14(17)12(13)10-15(20)18(8-3-9-19)11-4-1-5-11/h2,6-7,11,19H,1,3-5,8-10H2. The van der Waals surface area contributed by atoms with Gasteiger partial charge in [-0.3, -0.25) is 4.79 Å². The average Bonchev–Trinajstić information content (AvgIpc) is 2.36. The summed E-state index contributed by atoms with van der Waals surface area (Å²) in [4.78, 5) is 14.4. The van der Waals surface area contributed by atoms with Gasteiger partial charge in [0.25, 0.3) is 0 Å². The van der Waals surface area contributed by atoms with Gasteiger partial charge >= 0.3 is 0 Å². The van der Waals surface area contributed by atoms with Crippen molar-refractivity contribution in [1.82, 2.24) is 4.90 Å². The van der Waals surface area contributed by atoms with Gasteiger partial charge in [-0.15, -0.1) is 0 Å². The van der Waals surface area contributed by atoms with Crippen molar-refractivity contribution in [2.75, 3.05) is 13.2 Å². The lowest BCUT2D eigenvalue weighted by Crippen LogP contribution is -2.45. The summed E-state index contributed by atoms with van der Waals surface area (Å²) in [6.45, 7) is 0.700. The van der Waals surface area contributed by atoms with Crippen molar-refractivity contribution in [3.8, 4) is 0 Å². The van der Waals surface area contributed by atoms with E-state index >= 15 is 0 Å². The quantitative estimate of drug-likeness (QED) is 0.875. The Hall–Kier alpha value is -0.770. The van der Waals surface area contributed by atoms with E-state index in [9.17, 15) is 4.79 Å². The van der Waals surface area contributed by atoms with E-state index in [0.717, 1.165) is 12.8 Å². The minimum atomic E-state index is 0.0400. The van der Waals surface area contributed by atoms with E-state index in [0.29, 0.717) is 34.6 Å². The number of carbonyl (C=O) groups is 1. The molecule has 1 N–H and O–H groups in total. The van der Waals surface area contributed by atoms with Crippen LogP contribution in [-0.4, -0.2) is 35.1 Å². The van der Waals surface area contributed by atoms with E-state index < -0.39 is 0 Å². The first kappa shape index (κ1) is 15.6. The van der Waals surface area contributed by atoms with E-state index in [1.165, 1.54) is 6.42 Å². The summed E-state index contributed by atoms with van der Waals surface area (Å²) in [5.41, 5.74) is 0.689. The van der Waals surface area contributed by atoms with Gasteiger partial charge in [-0.2, -0.15) is 0 Å². The molecule has 1 saturated carbocycles. The second-order valence-corrected chi connectivity index (χ2v) is 5.94. The van der Waals surface area contributed by atoms with Gasteiger partial charge in [-0.05, 0) is 43.4 Å². The monoisotopic (exact) mass is 315 g/mol. The van der Waals surface area contributed by atoms with Crippen molar-refractivity contribution in [2.45, 2.75) is 38.1 Å². The Morgan fingerprint density at radius 3 is 2.45 bits per heavy atom. The molecular formula is C15H19Cl2NO2. The number of hydrogen-bond acceptors (Lipinski definition) is 2. The first-order valence-electron chi connectivity index (χ1n) is 6.96. The van der Waals surface area contributed by atoms with Gasteiger partial charge in [0.15, 0.2) is 0 Å². The Morgan fingerprint density at radius 1 is 1.30 bits per heavy atom. The van der Waals surface area contributed by atoms with Crippen molar-refractivity contribution in [3.63, 3.8) is 0 Å². The molecule has 0 spiro atoms. The fourth-order valence-electron chi connectivity index (χ4n) is 2.40. The third-order valence-corrected chi connectivity index (χ3v) is 4.49. The highest BCUT2D eigenvalue weighted by molar-refractivity contribution is 6.36. The molecule has 20 heavy (non-hydrogen) atoms. The molecule has 0 bridgehead atoms. The van der Waals surface area contributed by atoms with Gasteiger partial charge in [0.05, 0.1) is 6.42 Å². The van der Waals surface area contributed by atoms with Gasteiger partial charge in [-0.25, -0.2) is 0 Å². The van der Waals surface area contributed by atoms with Gasteiger partial charge < -0.3 is 10.0 Å². The summed E-state index contributed by atoms with van der Waals surface area (Å²) < 4.78 is 0. The zero-order valence-corrected chi connectivity index (χ0v) is 12.8. The van der Waals surface area contributed by atoms with Crippen LogP contribution in [0.25, 0.3) is 0 Å². The van der Waals surface area contributed by atoms with Crippen LogP contribution >= 0.6 is 23.2 Å². The highest BCUT2D eigenvalue weighted by atomic mass is 35.5. The van der Waals surface area contributed by atoms with Gasteiger partial charge in [0.1, 0.15) is 0 Å². The van der Waals surface area contributed by atoms with Crippen LogP contribution in [0.1, 0.15) is 31.2 Å². The second kappa shape index (κ2) is 7.30. The zero-order chi connectivity index (χ0) is 14.5. The van der Waals surface area contributed by atoms with Crippen LogP contribution in [0.4, 0.5) is 0 Å². The molecule has 1 aromatic carbocycles. The van der Waals surface area contributed by atoms with Gasteiger partial charge in [-0.1, -0.05) is 29.3 Å². The first-order chi connectivity index (χ1) is 9.63. The largest absolute Gasteiger partial charge is 0.396 e. The van der Waals surface area contributed by atoms with Crippen LogP contribution in [-0.2, 0) is 11.2 Å². The molecule has 0 radical (unpaired) electrons. The Kier molecular flexibility index (Phi) is 5.70. The summed E-state index contributed by atoms with van der Waals surface area (Å²) in [6, 6.07) is 5.58. The fraction of sp³-hybridized carbons (Fsp3) is 0.533. The number of aliphatic hydroxyl groups excluding tert-OH is 1. The van der Waals surface area contributed by atoms with Crippen LogP contribution in [0.2, 0.25) is 10.0 Å². The lowest BCUT2D eigenvalue weighted by molar-refractivity contribution is -0.134. The molecule has 0 aromatic heterocycles. The first-order valence-corrected chi connectivity index (χ1v) is 7.72. The molecular weight excluding hydrogens is 297 g/mol. The van der Waals surface area contributed by atoms with Crippen molar-refractivity contribution in [1.29, 1.82) is 0 Å². The van der Waals surface area contributed by atoms with E-state index in [1.54, 1.807) is 18.2 Å². The Morgan fingerprint density at radius 2 is 1.95 bits per heavy atom. The van der Waals surface area contributed by atoms with Crippen LogP contribution in [0, 0.1) is 0 Å². The van der Waals surface area contributed by atoms with Crippen LogP contribution < -0.4 is 0 Å². The molecule has 3 nitrogen and oxygen atoms in total. The Labute approximate surface area is 129 Å². The molecule has 0 aliphatic heterocycles. The molecule has 1 aliphatic rings. The molecule has 1 amide bonds. The predicted octanol–water partition coefficient (Wildman–Crippen LogP) is 3.30. The number of amides is 1. The highest BCUT2D eigenvalue weighted by Gasteiger charge is 2.28. The average molecular weight is 316 g/mol. The van der Waals surface area contributed by atoms with Crippen LogP contribution in [0.5, 0.6) is 0 Å². The topological polar surface area (TPSA) is 40.5 Å². The predicted molar refractivity (Wildman–Crippen MR) is 81.2 cm³/mol. The lowest BCUT2D eigenvalue weighted by atomic mass is 9.91. The molecule has 1 aliphatic carbocycles. The Bertz CT molecular complexity index is 455. The van der Waals surface area contributed by atoms with E-state index in [4.69, 9.17) is 28.3 Å². The molecule has 110 valence electrons. The number of carbonyl (C=O) groups excluding carboxylic acids is 1. The minimum Gasteiger partial charge on any atom is -0.396 e. The third-order valence-electron chi connectivity index (χ3n) is 3.78. The van der Waals surface area contributed by atoms with Gasteiger partial charge in [0.2, 0.25) is 5.91 Å². The molecule has 0 saturated heterocycles. The molecule has 0 atom stereocenters. The van der Waals surface area contributed by atoms with Crippen molar-refractivity contribution in [3.05, 3.63) is 33.8 Å². The zero-order valence-electron chi connectivity index (χ0n) is 11.3. The summed E-state index contributed by atoms with van der Waals surface area (Å²) in [5, 5.41) is 10.0. The smallest absolute Gasteiger partial charge is 0.227 e. The molecule has 5 heteroatoms. The highest BCUT2D eigenvalue weighted by Crippen LogP contribution is 2.28. The number of benzene rings is 1. The normalized spacial score (nSPS) is 14.9. The maximum atomic E-state index is 12.5. The SMILES string of the molecule is O=C(Cc1c(Cl)cccc1Cl)N(CCCO)C1CCC1. The molecule has 0 unspecified atom stereocenters. The number of hydrogen-bond donors (Lipinski definition) is 1. The Balaban J connectivity index is 2.07. The number of aliphatic hydroxyl groups is 1. The van der Waals surface area contributed by atoms with Gasteiger partial charge in [0, 0.05) is 29.2 Å².